The third-order valence-corrected chi connectivity index (χ3v) is 4.48. The lowest BCUT2D eigenvalue weighted by Gasteiger charge is -2.31. The van der Waals surface area contributed by atoms with E-state index < -0.39 is 11.2 Å². The minimum absolute atomic E-state index is 0.205. The molecule has 1 aliphatic heterocycles. The number of nitrogens with two attached hydrogens (primary N) is 1. The van der Waals surface area contributed by atoms with Gasteiger partial charge >= 0.3 is 5.69 Å². The topological polar surface area (TPSA) is 101 Å². The van der Waals surface area contributed by atoms with E-state index in [0.717, 1.165) is 17.4 Å². The summed E-state index contributed by atoms with van der Waals surface area (Å²) in [5.41, 5.74) is 5.14. The molecule has 2 heterocycles. The monoisotopic (exact) mass is 316 g/mol. The number of carbonyl (C=O) groups excluding carboxylic acids is 1. The van der Waals surface area contributed by atoms with E-state index in [2.05, 4.69) is 4.98 Å². The van der Waals surface area contributed by atoms with Crippen LogP contribution in [0, 0.1) is 5.92 Å². The summed E-state index contributed by atoms with van der Waals surface area (Å²) in [4.78, 5) is 41.2. The van der Waals surface area contributed by atoms with Gasteiger partial charge in [0, 0.05) is 13.1 Å². The van der Waals surface area contributed by atoms with Crippen LogP contribution in [0.2, 0.25) is 0 Å². The molecule has 1 aromatic heterocycles. The number of H-pyrrole nitrogens is 1. The molecule has 1 saturated heterocycles. The lowest BCUT2D eigenvalue weighted by molar-refractivity contribution is -0.133. The zero-order valence-corrected chi connectivity index (χ0v) is 12.8. The predicted molar refractivity (Wildman–Crippen MR) is 87.2 cm³/mol. The van der Waals surface area contributed by atoms with E-state index in [9.17, 15) is 14.4 Å². The van der Waals surface area contributed by atoms with Crippen LogP contribution in [0.25, 0.3) is 10.9 Å². The number of amides is 1. The number of aromatic nitrogens is 2. The first-order valence-corrected chi connectivity index (χ1v) is 7.80. The van der Waals surface area contributed by atoms with Crippen molar-refractivity contribution in [3.63, 3.8) is 0 Å². The van der Waals surface area contributed by atoms with E-state index in [1.165, 1.54) is 0 Å². The molecule has 0 spiro atoms. The molecule has 0 unspecified atom stereocenters. The SMILES string of the molecule is NCC1CCN(C(=O)Cn2c(=O)[nH]c3ccccc3c2=O)CC1. The Morgan fingerprint density at radius 1 is 1.22 bits per heavy atom. The van der Waals surface area contributed by atoms with Crippen LogP contribution < -0.4 is 17.0 Å². The Labute approximate surface area is 132 Å². The molecule has 0 saturated carbocycles. The lowest BCUT2D eigenvalue weighted by Crippen LogP contribution is -2.45. The molecule has 1 amide bonds. The molecule has 3 rings (SSSR count). The van der Waals surface area contributed by atoms with Gasteiger partial charge in [0.25, 0.3) is 5.56 Å². The number of aromatic amines is 1. The maximum atomic E-state index is 12.4. The Hall–Kier alpha value is -2.41. The molecule has 2 aromatic rings. The fraction of sp³-hybridized carbons (Fsp3) is 0.438. The summed E-state index contributed by atoms with van der Waals surface area (Å²) in [6.45, 7) is 1.65. The number of para-hydroxylation sites is 1. The van der Waals surface area contributed by atoms with Crippen LogP contribution in [0.3, 0.4) is 0 Å². The van der Waals surface area contributed by atoms with Crippen molar-refractivity contribution in [1.82, 2.24) is 14.5 Å². The Balaban J connectivity index is 1.83. The van der Waals surface area contributed by atoms with Crippen LogP contribution in [0.15, 0.2) is 33.9 Å². The summed E-state index contributed by atoms with van der Waals surface area (Å²) >= 11 is 0. The normalized spacial score (nSPS) is 16.0. The quantitative estimate of drug-likeness (QED) is 0.825. The van der Waals surface area contributed by atoms with Crippen molar-refractivity contribution < 1.29 is 4.79 Å². The van der Waals surface area contributed by atoms with Crippen molar-refractivity contribution in [3.05, 3.63) is 45.1 Å². The highest BCUT2D eigenvalue weighted by Crippen LogP contribution is 2.15. The summed E-state index contributed by atoms with van der Waals surface area (Å²) in [7, 11) is 0. The fourth-order valence-electron chi connectivity index (χ4n) is 3.00. The van der Waals surface area contributed by atoms with Gasteiger partial charge in [0.15, 0.2) is 0 Å². The highest BCUT2D eigenvalue weighted by Gasteiger charge is 2.23. The number of likely N-dealkylation sites (tertiary alicyclic amines) is 1. The molecule has 0 atom stereocenters. The minimum atomic E-state index is -0.557. The number of piperidine rings is 1. The van der Waals surface area contributed by atoms with Gasteiger partial charge in [-0.25, -0.2) is 4.79 Å². The molecule has 23 heavy (non-hydrogen) atoms. The number of benzene rings is 1. The highest BCUT2D eigenvalue weighted by atomic mass is 16.2. The summed E-state index contributed by atoms with van der Waals surface area (Å²) in [6.07, 6.45) is 1.73. The number of hydrogen-bond acceptors (Lipinski definition) is 4. The zero-order chi connectivity index (χ0) is 16.4. The van der Waals surface area contributed by atoms with Crippen LogP contribution in [-0.2, 0) is 11.3 Å². The van der Waals surface area contributed by atoms with Crippen molar-refractivity contribution in [3.8, 4) is 0 Å². The predicted octanol–water partition coefficient (Wildman–Crippen LogP) is -0.113. The summed E-state index contributed by atoms with van der Waals surface area (Å²) in [5, 5.41) is 0.404. The van der Waals surface area contributed by atoms with E-state index in [4.69, 9.17) is 5.73 Å². The first kappa shape index (κ1) is 15.5. The van der Waals surface area contributed by atoms with Gasteiger partial charge in [0.05, 0.1) is 10.9 Å². The van der Waals surface area contributed by atoms with Crippen LogP contribution in [0.5, 0.6) is 0 Å². The van der Waals surface area contributed by atoms with Crippen molar-refractivity contribution >= 4 is 16.8 Å². The van der Waals surface area contributed by atoms with E-state index >= 15 is 0 Å². The van der Waals surface area contributed by atoms with Gasteiger partial charge in [-0.2, -0.15) is 0 Å². The number of nitrogens with zero attached hydrogens (tertiary/aromatic N) is 2. The second-order valence-corrected chi connectivity index (χ2v) is 5.93. The second-order valence-electron chi connectivity index (χ2n) is 5.93. The molecule has 1 aromatic carbocycles. The molecule has 122 valence electrons. The Morgan fingerprint density at radius 2 is 1.91 bits per heavy atom. The maximum absolute atomic E-state index is 12.4. The summed E-state index contributed by atoms with van der Waals surface area (Å²) in [5.74, 6) is 0.245. The lowest BCUT2D eigenvalue weighted by atomic mass is 9.97. The third-order valence-electron chi connectivity index (χ3n) is 4.48. The molecule has 0 radical (unpaired) electrons. The summed E-state index contributed by atoms with van der Waals surface area (Å²) < 4.78 is 0.972. The number of nitrogens with one attached hydrogen (secondary N) is 1. The van der Waals surface area contributed by atoms with Crippen molar-refractivity contribution in [2.45, 2.75) is 19.4 Å². The number of hydrogen-bond donors (Lipinski definition) is 2. The van der Waals surface area contributed by atoms with E-state index in [1.54, 1.807) is 29.2 Å². The van der Waals surface area contributed by atoms with Crippen LogP contribution in [-0.4, -0.2) is 40.0 Å². The van der Waals surface area contributed by atoms with Gasteiger partial charge in [-0.3, -0.25) is 14.2 Å². The molecule has 1 aliphatic rings. The van der Waals surface area contributed by atoms with Gasteiger partial charge in [0.2, 0.25) is 5.91 Å². The Kier molecular flexibility index (Phi) is 4.29. The molecular formula is C16H20N4O3. The molecular weight excluding hydrogens is 296 g/mol. The fourth-order valence-corrected chi connectivity index (χ4v) is 3.00. The molecule has 3 N–H and O–H groups in total. The Morgan fingerprint density at radius 3 is 2.61 bits per heavy atom. The van der Waals surface area contributed by atoms with Crippen molar-refractivity contribution in [1.29, 1.82) is 0 Å². The first-order chi connectivity index (χ1) is 11.1. The van der Waals surface area contributed by atoms with Crippen molar-refractivity contribution in [2.75, 3.05) is 19.6 Å². The van der Waals surface area contributed by atoms with Gasteiger partial charge in [-0.15, -0.1) is 0 Å². The first-order valence-electron chi connectivity index (χ1n) is 7.80. The number of rotatable bonds is 3. The van der Waals surface area contributed by atoms with Gasteiger partial charge in [-0.1, -0.05) is 12.1 Å². The molecule has 0 bridgehead atoms. The van der Waals surface area contributed by atoms with Gasteiger partial charge < -0.3 is 15.6 Å². The summed E-state index contributed by atoms with van der Waals surface area (Å²) in [6, 6.07) is 6.78. The Bertz CT molecular complexity index is 831. The van der Waals surface area contributed by atoms with Crippen molar-refractivity contribution in [2.24, 2.45) is 11.7 Å². The van der Waals surface area contributed by atoms with Gasteiger partial charge in [-0.05, 0) is 37.4 Å². The van der Waals surface area contributed by atoms with E-state index in [1.807, 2.05) is 0 Å². The van der Waals surface area contributed by atoms with E-state index in [0.29, 0.717) is 36.5 Å². The molecule has 7 nitrogen and oxygen atoms in total. The van der Waals surface area contributed by atoms with Crippen LogP contribution >= 0.6 is 0 Å². The largest absolute Gasteiger partial charge is 0.341 e. The third kappa shape index (κ3) is 3.05. The van der Waals surface area contributed by atoms with Gasteiger partial charge in [0.1, 0.15) is 6.54 Å². The zero-order valence-electron chi connectivity index (χ0n) is 12.8. The molecule has 1 fully saturated rings. The minimum Gasteiger partial charge on any atom is -0.341 e. The average molecular weight is 316 g/mol. The number of carbonyl (C=O) groups is 1. The maximum Gasteiger partial charge on any atom is 0.329 e. The second kappa shape index (κ2) is 6.37. The molecule has 0 aliphatic carbocycles. The highest BCUT2D eigenvalue weighted by molar-refractivity contribution is 5.79. The standard InChI is InChI=1S/C16H20N4O3/c17-9-11-5-7-19(8-6-11)14(21)10-20-15(22)12-3-1-2-4-13(12)18-16(20)23/h1-4,11H,5-10,17H2,(H,18,23). The molecule has 7 heteroatoms. The number of fused-ring (bicyclic) bond motifs is 1. The van der Waals surface area contributed by atoms with Crippen LogP contribution in [0.4, 0.5) is 0 Å². The van der Waals surface area contributed by atoms with Crippen LogP contribution in [0.1, 0.15) is 12.8 Å². The average Bonchev–Trinajstić information content (AvgIpc) is 2.58. The smallest absolute Gasteiger partial charge is 0.329 e. The van der Waals surface area contributed by atoms with E-state index in [-0.39, 0.29) is 12.5 Å².